The first-order valence-corrected chi connectivity index (χ1v) is 7.32. The van der Waals surface area contributed by atoms with Gasteiger partial charge in [0.15, 0.2) is 0 Å². The van der Waals surface area contributed by atoms with E-state index in [1.165, 1.54) is 5.56 Å². The lowest BCUT2D eigenvalue weighted by Gasteiger charge is -2.42. The van der Waals surface area contributed by atoms with Crippen LogP contribution in [-0.4, -0.2) is 31.1 Å². The fourth-order valence-corrected chi connectivity index (χ4v) is 2.99. The van der Waals surface area contributed by atoms with E-state index in [0.29, 0.717) is 0 Å². The molecule has 1 atom stereocenters. The molecule has 1 aromatic heterocycles. The molecular formula is C17H22N2O. The highest BCUT2D eigenvalue weighted by atomic mass is 16.3. The summed E-state index contributed by atoms with van der Waals surface area (Å²) in [6, 6.07) is 14.7. The van der Waals surface area contributed by atoms with Crippen molar-refractivity contribution >= 4 is 0 Å². The number of furan rings is 1. The largest absolute Gasteiger partial charge is 0.469 e. The first-order chi connectivity index (χ1) is 9.76. The van der Waals surface area contributed by atoms with Gasteiger partial charge in [-0.25, -0.2) is 0 Å². The highest BCUT2D eigenvalue weighted by Crippen LogP contribution is 2.24. The van der Waals surface area contributed by atoms with Gasteiger partial charge >= 0.3 is 0 Å². The molecule has 0 saturated carbocycles. The summed E-state index contributed by atoms with van der Waals surface area (Å²) in [5.41, 5.74) is 1.41. The van der Waals surface area contributed by atoms with Crippen molar-refractivity contribution in [3.05, 3.63) is 60.1 Å². The number of benzene rings is 1. The molecule has 3 rings (SSSR count). The summed E-state index contributed by atoms with van der Waals surface area (Å²) in [4.78, 5) is 2.52. The summed E-state index contributed by atoms with van der Waals surface area (Å²) in [5, 5.41) is 3.67. The Morgan fingerprint density at radius 1 is 1.20 bits per heavy atom. The first-order valence-electron chi connectivity index (χ1n) is 7.32. The van der Waals surface area contributed by atoms with Crippen LogP contribution in [0.15, 0.2) is 53.1 Å². The van der Waals surface area contributed by atoms with Crippen LogP contribution in [0.1, 0.15) is 18.2 Å². The first kappa shape index (κ1) is 13.4. The third-order valence-corrected chi connectivity index (χ3v) is 4.15. The number of hydrogen-bond acceptors (Lipinski definition) is 3. The zero-order valence-electron chi connectivity index (χ0n) is 12.0. The highest BCUT2D eigenvalue weighted by molar-refractivity contribution is 5.24. The number of piperazine rings is 1. The number of rotatable bonds is 4. The van der Waals surface area contributed by atoms with Crippen LogP contribution >= 0.6 is 0 Å². The van der Waals surface area contributed by atoms with Crippen molar-refractivity contribution in [3.63, 3.8) is 0 Å². The van der Waals surface area contributed by atoms with Crippen LogP contribution in [-0.2, 0) is 12.0 Å². The molecule has 0 aliphatic carbocycles. The average Bonchev–Trinajstić information content (AvgIpc) is 3.00. The molecule has 0 radical (unpaired) electrons. The molecule has 1 saturated heterocycles. The van der Waals surface area contributed by atoms with Crippen LogP contribution in [0.3, 0.4) is 0 Å². The molecule has 1 N–H and O–H groups in total. The van der Waals surface area contributed by atoms with Gasteiger partial charge in [-0.05, 0) is 24.6 Å². The lowest BCUT2D eigenvalue weighted by atomic mass is 9.89. The maximum atomic E-state index is 5.42. The van der Waals surface area contributed by atoms with E-state index in [0.717, 1.165) is 38.4 Å². The average molecular weight is 270 g/mol. The molecule has 106 valence electrons. The predicted octanol–water partition coefficient (Wildman–Crippen LogP) is 2.64. The van der Waals surface area contributed by atoms with Crippen molar-refractivity contribution in [1.29, 1.82) is 0 Å². The van der Waals surface area contributed by atoms with Gasteiger partial charge in [-0.3, -0.25) is 4.90 Å². The molecular weight excluding hydrogens is 248 g/mol. The third-order valence-electron chi connectivity index (χ3n) is 4.15. The second-order valence-corrected chi connectivity index (χ2v) is 5.73. The van der Waals surface area contributed by atoms with E-state index in [1.54, 1.807) is 6.26 Å². The van der Waals surface area contributed by atoms with Crippen LogP contribution in [0, 0.1) is 0 Å². The van der Waals surface area contributed by atoms with E-state index in [1.807, 2.05) is 6.07 Å². The topological polar surface area (TPSA) is 28.4 Å². The van der Waals surface area contributed by atoms with Gasteiger partial charge in [-0.1, -0.05) is 30.3 Å². The molecule has 0 bridgehead atoms. The van der Waals surface area contributed by atoms with E-state index in [4.69, 9.17) is 4.42 Å². The number of hydrogen-bond donors (Lipinski definition) is 1. The van der Waals surface area contributed by atoms with Crippen molar-refractivity contribution in [2.24, 2.45) is 0 Å². The molecule has 1 unspecified atom stereocenters. The minimum atomic E-state index is 0.0443. The van der Waals surface area contributed by atoms with Crippen LogP contribution in [0.2, 0.25) is 0 Å². The van der Waals surface area contributed by atoms with Crippen molar-refractivity contribution in [2.75, 3.05) is 26.2 Å². The maximum absolute atomic E-state index is 5.42. The quantitative estimate of drug-likeness (QED) is 0.926. The molecule has 20 heavy (non-hydrogen) atoms. The van der Waals surface area contributed by atoms with Crippen molar-refractivity contribution < 1.29 is 4.42 Å². The lowest BCUT2D eigenvalue weighted by Crippen LogP contribution is -2.56. The van der Waals surface area contributed by atoms with E-state index in [-0.39, 0.29) is 5.54 Å². The third kappa shape index (κ3) is 2.94. The standard InChI is InChI=1S/C17H22N2O/c1-17(15-6-3-2-4-7-15)14-19(12-10-18-17)11-9-16-8-5-13-20-16/h2-8,13,18H,9-12,14H2,1H3. The Balaban J connectivity index is 1.64. The van der Waals surface area contributed by atoms with Gasteiger partial charge < -0.3 is 9.73 Å². The minimum absolute atomic E-state index is 0.0443. The molecule has 0 amide bonds. The van der Waals surface area contributed by atoms with Crippen LogP contribution in [0.25, 0.3) is 0 Å². The van der Waals surface area contributed by atoms with E-state index in [9.17, 15) is 0 Å². The Kier molecular flexibility index (Phi) is 3.90. The summed E-state index contributed by atoms with van der Waals surface area (Å²) in [5.74, 6) is 1.07. The Morgan fingerprint density at radius 2 is 2.05 bits per heavy atom. The summed E-state index contributed by atoms with van der Waals surface area (Å²) >= 11 is 0. The fraction of sp³-hybridized carbons (Fsp3) is 0.412. The zero-order chi connectivity index (χ0) is 13.8. The van der Waals surface area contributed by atoms with E-state index < -0.39 is 0 Å². The highest BCUT2D eigenvalue weighted by Gasteiger charge is 2.31. The van der Waals surface area contributed by atoms with Gasteiger partial charge in [0.1, 0.15) is 5.76 Å². The monoisotopic (exact) mass is 270 g/mol. The molecule has 2 aromatic rings. The fourth-order valence-electron chi connectivity index (χ4n) is 2.99. The molecule has 1 aromatic carbocycles. The summed E-state index contributed by atoms with van der Waals surface area (Å²) in [7, 11) is 0. The van der Waals surface area contributed by atoms with Crippen LogP contribution < -0.4 is 5.32 Å². The van der Waals surface area contributed by atoms with Gasteiger partial charge in [0, 0.05) is 32.6 Å². The summed E-state index contributed by atoms with van der Waals surface area (Å²) < 4.78 is 5.42. The van der Waals surface area contributed by atoms with E-state index in [2.05, 4.69) is 53.5 Å². The second kappa shape index (κ2) is 5.81. The van der Waals surface area contributed by atoms with Gasteiger partial charge in [-0.2, -0.15) is 0 Å². The normalized spacial score (nSPS) is 23.9. The molecule has 1 fully saturated rings. The molecule has 2 heterocycles. The lowest BCUT2D eigenvalue weighted by molar-refractivity contribution is 0.142. The zero-order valence-corrected chi connectivity index (χ0v) is 12.0. The Labute approximate surface area is 120 Å². The molecule has 1 aliphatic heterocycles. The maximum Gasteiger partial charge on any atom is 0.105 e. The molecule has 1 aliphatic rings. The van der Waals surface area contributed by atoms with Crippen molar-refractivity contribution in [2.45, 2.75) is 18.9 Å². The Hall–Kier alpha value is -1.58. The van der Waals surface area contributed by atoms with Gasteiger partial charge in [0.25, 0.3) is 0 Å². The predicted molar refractivity (Wildman–Crippen MR) is 80.6 cm³/mol. The number of nitrogens with one attached hydrogen (secondary N) is 1. The van der Waals surface area contributed by atoms with Gasteiger partial charge in [0.2, 0.25) is 0 Å². The van der Waals surface area contributed by atoms with E-state index >= 15 is 0 Å². The van der Waals surface area contributed by atoms with Crippen LogP contribution in [0.4, 0.5) is 0 Å². The summed E-state index contributed by atoms with van der Waals surface area (Å²) in [6.45, 7) is 6.52. The van der Waals surface area contributed by atoms with Crippen molar-refractivity contribution in [1.82, 2.24) is 10.2 Å². The Morgan fingerprint density at radius 3 is 2.80 bits per heavy atom. The molecule has 3 heteroatoms. The van der Waals surface area contributed by atoms with Crippen molar-refractivity contribution in [3.8, 4) is 0 Å². The SMILES string of the molecule is CC1(c2ccccc2)CN(CCc2ccco2)CCN1. The van der Waals surface area contributed by atoms with Gasteiger partial charge in [-0.15, -0.1) is 0 Å². The van der Waals surface area contributed by atoms with Gasteiger partial charge in [0.05, 0.1) is 11.8 Å². The summed E-state index contributed by atoms with van der Waals surface area (Å²) in [6.07, 6.45) is 2.74. The Bertz CT molecular complexity index is 523. The van der Waals surface area contributed by atoms with Crippen LogP contribution in [0.5, 0.6) is 0 Å². The second-order valence-electron chi connectivity index (χ2n) is 5.73. The number of nitrogens with zero attached hydrogens (tertiary/aromatic N) is 1. The molecule has 3 nitrogen and oxygen atoms in total. The molecule has 0 spiro atoms. The smallest absolute Gasteiger partial charge is 0.105 e. The minimum Gasteiger partial charge on any atom is -0.469 e.